The maximum absolute atomic E-state index is 12.2. The summed E-state index contributed by atoms with van der Waals surface area (Å²) in [5.41, 5.74) is 5.82. The first-order valence-electron chi connectivity index (χ1n) is 8.04. The van der Waals surface area contributed by atoms with Crippen LogP contribution in [0.25, 0.3) is 0 Å². The van der Waals surface area contributed by atoms with Crippen LogP contribution in [0.15, 0.2) is 24.4 Å². The van der Waals surface area contributed by atoms with Gasteiger partial charge in [0.25, 0.3) is 5.91 Å². The molecular formula is C18H23N3O. The van der Waals surface area contributed by atoms with Crippen molar-refractivity contribution in [1.82, 2.24) is 15.1 Å². The van der Waals surface area contributed by atoms with Crippen molar-refractivity contribution in [3.8, 4) is 0 Å². The lowest BCUT2D eigenvalue weighted by atomic mass is 9.98. The lowest BCUT2D eigenvalue weighted by Crippen LogP contribution is -2.28. The van der Waals surface area contributed by atoms with E-state index in [0.717, 1.165) is 30.5 Å². The van der Waals surface area contributed by atoms with Crippen LogP contribution in [0.2, 0.25) is 0 Å². The van der Waals surface area contributed by atoms with Gasteiger partial charge in [0.1, 0.15) is 0 Å². The molecule has 22 heavy (non-hydrogen) atoms. The molecule has 1 heterocycles. The Hall–Kier alpha value is -2.10. The van der Waals surface area contributed by atoms with Crippen LogP contribution in [0, 0.1) is 13.8 Å². The molecule has 3 rings (SSSR count). The third kappa shape index (κ3) is 3.06. The number of amides is 1. The van der Waals surface area contributed by atoms with Crippen LogP contribution in [-0.4, -0.2) is 22.2 Å². The number of hydrogen-bond donors (Lipinski definition) is 1. The van der Waals surface area contributed by atoms with Crippen molar-refractivity contribution in [2.24, 2.45) is 0 Å². The van der Waals surface area contributed by atoms with Gasteiger partial charge in [-0.1, -0.05) is 6.07 Å². The third-order valence-electron chi connectivity index (χ3n) is 4.52. The van der Waals surface area contributed by atoms with Crippen molar-refractivity contribution >= 4 is 5.91 Å². The standard InChI is InChI=1S/C18H23N3O/c1-13-7-8-15(11-14(13)2)18(22)19-9-10-21-17-6-4-3-5-16(17)12-20-21/h7-8,11-12H,3-6,9-10H2,1-2H3,(H,19,22). The molecule has 1 aromatic heterocycles. The largest absolute Gasteiger partial charge is 0.350 e. The molecule has 2 aromatic rings. The van der Waals surface area contributed by atoms with Gasteiger partial charge in [0, 0.05) is 17.8 Å². The van der Waals surface area contributed by atoms with Gasteiger partial charge in [-0.3, -0.25) is 9.48 Å². The zero-order chi connectivity index (χ0) is 15.5. The van der Waals surface area contributed by atoms with Gasteiger partial charge in [-0.15, -0.1) is 0 Å². The van der Waals surface area contributed by atoms with Crippen LogP contribution in [0.1, 0.15) is 45.6 Å². The maximum atomic E-state index is 12.2. The number of nitrogens with zero attached hydrogens (tertiary/aromatic N) is 2. The second-order valence-electron chi connectivity index (χ2n) is 6.10. The van der Waals surface area contributed by atoms with E-state index in [-0.39, 0.29) is 5.91 Å². The smallest absolute Gasteiger partial charge is 0.251 e. The fourth-order valence-corrected chi connectivity index (χ4v) is 3.01. The van der Waals surface area contributed by atoms with Gasteiger partial charge in [0.05, 0.1) is 12.7 Å². The van der Waals surface area contributed by atoms with E-state index in [1.807, 2.05) is 31.3 Å². The Balaban J connectivity index is 1.57. The molecule has 0 fully saturated rings. The first kappa shape index (κ1) is 14.8. The van der Waals surface area contributed by atoms with Crippen molar-refractivity contribution in [2.75, 3.05) is 6.54 Å². The number of hydrogen-bond acceptors (Lipinski definition) is 2. The van der Waals surface area contributed by atoms with Crippen LogP contribution < -0.4 is 5.32 Å². The minimum atomic E-state index is -0.0101. The summed E-state index contributed by atoms with van der Waals surface area (Å²) in [6, 6.07) is 5.82. The predicted octanol–water partition coefficient (Wildman–Crippen LogP) is 2.81. The molecule has 0 unspecified atom stereocenters. The first-order chi connectivity index (χ1) is 10.6. The highest BCUT2D eigenvalue weighted by Crippen LogP contribution is 2.20. The molecule has 1 N–H and O–H groups in total. The van der Waals surface area contributed by atoms with Crippen molar-refractivity contribution in [2.45, 2.75) is 46.1 Å². The Labute approximate surface area is 131 Å². The van der Waals surface area contributed by atoms with E-state index in [1.165, 1.54) is 29.7 Å². The molecule has 4 nitrogen and oxygen atoms in total. The zero-order valence-electron chi connectivity index (χ0n) is 13.4. The van der Waals surface area contributed by atoms with E-state index in [0.29, 0.717) is 6.54 Å². The van der Waals surface area contributed by atoms with Crippen LogP contribution >= 0.6 is 0 Å². The number of aryl methyl sites for hydroxylation is 3. The Morgan fingerprint density at radius 3 is 2.86 bits per heavy atom. The molecule has 0 spiro atoms. The molecule has 4 heteroatoms. The van der Waals surface area contributed by atoms with Gasteiger partial charge in [0.2, 0.25) is 0 Å². The normalized spacial score (nSPS) is 13.7. The van der Waals surface area contributed by atoms with Gasteiger partial charge in [-0.2, -0.15) is 5.10 Å². The SMILES string of the molecule is Cc1ccc(C(=O)NCCn2ncc3c2CCCC3)cc1C. The molecule has 1 aromatic carbocycles. The number of nitrogens with one attached hydrogen (secondary N) is 1. The second kappa shape index (κ2) is 6.34. The summed E-state index contributed by atoms with van der Waals surface area (Å²) in [4.78, 5) is 12.2. The average molecular weight is 297 g/mol. The number of rotatable bonds is 4. The third-order valence-corrected chi connectivity index (χ3v) is 4.52. The van der Waals surface area contributed by atoms with E-state index in [1.54, 1.807) is 0 Å². The number of carbonyl (C=O) groups is 1. The summed E-state index contributed by atoms with van der Waals surface area (Å²) in [7, 11) is 0. The van der Waals surface area contributed by atoms with Gasteiger partial charge in [-0.05, 0) is 68.4 Å². The number of aromatic nitrogens is 2. The molecule has 116 valence electrons. The Morgan fingerprint density at radius 2 is 2.05 bits per heavy atom. The molecule has 0 atom stereocenters. The van der Waals surface area contributed by atoms with Crippen molar-refractivity contribution in [3.05, 3.63) is 52.3 Å². The summed E-state index contributed by atoms with van der Waals surface area (Å²) in [5.74, 6) is -0.0101. The number of carbonyl (C=O) groups excluding carboxylic acids is 1. The summed E-state index contributed by atoms with van der Waals surface area (Å²) in [6.45, 7) is 5.44. The van der Waals surface area contributed by atoms with E-state index in [2.05, 4.69) is 22.0 Å². The molecule has 1 aliphatic carbocycles. The predicted molar refractivity (Wildman–Crippen MR) is 87.1 cm³/mol. The highest BCUT2D eigenvalue weighted by atomic mass is 16.1. The quantitative estimate of drug-likeness (QED) is 0.943. The Bertz CT molecular complexity index is 688. The van der Waals surface area contributed by atoms with Crippen molar-refractivity contribution < 1.29 is 4.79 Å². The van der Waals surface area contributed by atoms with Crippen LogP contribution in [0.4, 0.5) is 0 Å². The zero-order valence-corrected chi connectivity index (χ0v) is 13.4. The van der Waals surface area contributed by atoms with E-state index >= 15 is 0 Å². The fraction of sp³-hybridized carbons (Fsp3) is 0.444. The summed E-state index contributed by atoms with van der Waals surface area (Å²) >= 11 is 0. The molecule has 0 saturated carbocycles. The summed E-state index contributed by atoms with van der Waals surface area (Å²) in [6.07, 6.45) is 6.75. The average Bonchev–Trinajstić information content (AvgIpc) is 2.93. The summed E-state index contributed by atoms with van der Waals surface area (Å²) in [5, 5.41) is 7.45. The van der Waals surface area contributed by atoms with Gasteiger partial charge < -0.3 is 5.32 Å². The van der Waals surface area contributed by atoms with Crippen LogP contribution in [0.5, 0.6) is 0 Å². The van der Waals surface area contributed by atoms with Crippen molar-refractivity contribution in [3.63, 3.8) is 0 Å². The number of fused-ring (bicyclic) bond motifs is 1. The summed E-state index contributed by atoms with van der Waals surface area (Å²) < 4.78 is 2.05. The lowest BCUT2D eigenvalue weighted by Gasteiger charge is -2.14. The molecule has 0 bridgehead atoms. The molecule has 0 radical (unpaired) electrons. The molecule has 1 amide bonds. The van der Waals surface area contributed by atoms with Gasteiger partial charge in [-0.25, -0.2) is 0 Å². The monoisotopic (exact) mass is 297 g/mol. The lowest BCUT2D eigenvalue weighted by molar-refractivity contribution is 0.0951. The second-order valence-corrected chi connectivity index (χ2v) is 6.10. The first-order valence-corrected chi connectivity index (χ1v) is 8.04. The van der Waals surface area contributed by atoms with Crippen LogP contribution in [-0.2, 0) is 19.4 Å². The van der Waals surface area contributed by atoms with E-state index in [4.69, 9.17) is 0 Å². The number of benzene rings is 1. The Kier molecular flexibility index (Phi) is 4.27. The highest BCUT2D eigenvalue weighted by Gasteiger charge is 2.14. The molecule has 1 aliphatic rings. The van der Waals surface area contributed by atoms with E-state index in [9.17, 15) is 4.79 Å². The van der Waals surface area contributed by atoms with Crippen LogP contribution in [0.3, 0.4) is 0 Å². The molecule has 0 aliphatic heterocycles. The maximum Gasteiger partial charge on any atom is 0.251 e. The Morgan fingerprint density at radius 1 is 1.23 bits per heavy atom. The van der Waals surface area contributed by atoms with Gasteiger partial charge in [0.15, 0.2) is 0 Å². The van der Waals surface area contributed by atoms with Crippen molar-refractivity contribution in [1.29, 1.82) is 0 Å². The van der Waals surface area contributed by atoms with E-state index < -0.39 is 0 Å². The minimum Gasteiger partial charge on any atom is -0.350 e. The molecule has 0 saturated heterocycles. The fourth-order valence-electron chi connectivity index (χ4n) is 3.01. The van der Waals surface area contributed by atoms with Gasteiger partial charge >= 0.3 is 0 Å². The minimum absolute atomic E-state index is 0.0101. The topological polar surface area (TPSA) is 46.9 Å². The molecular weight excluding hydrogens is 274 g/mol. The highest BCUT2D eigenvalue weighted by molar-refractivity contribution is 5.94.